The molecule has 1 aromatic carbocycles. The number of carbonyl (C=O) groups excluding carboxylic acids is 1. The number of carbonyl (C=O) groups is 1. The van der Waals surface area contributed by atoms with E-state index >= 15 is 0 Å². The van der Waals surface area contributed by atoms with E-state index in [0.717, 1.165) is 0 Å². The molecule has 7 nitrogen and oxygen atoms in total. The minimum Gasteiger partial charge on any atom is -0.311 e. The van der Waals surface area contributed by atoms with Gasteiger partial charge in [-0.15, -0.1) is 0 Å². The van der Waals surface area contributed by atoms with E-state index in [9.17, 15) is 23.3 Å². The molecule has 1 heterocycles. The van der Waals surface area contributed by atoms with E-state index in [2.05, 4.69) is 15.9 Å². The Morgan fingerprint density at radius 1 is 1.45 bits per heavy atom. The zero-order valence-electron chi connectivity index (χ0n) is 9.82. The van der Waals surface area contributed by atoms with Crippen molar-refractivity contribution < 1.29 is 18.1 Å². The lowest BCUT2D eigenvalue weighted by Gasteiger charge is -2.16. The summed E-state index contributed by atoms with van der Waals surface area (Å²) in [5, 5.41) is 9.85. The summed E-state index contributed by atoms with van der Waals surface area (Å²) < 4.78 is 22.8. The molecular weight excluding hydrogens is 376 g/mol. The Hall–Kier alpha value is -1.19. The van der Waals surface area contributed by atoms with E-state index in [1.165, 1.54) is 23.1 Å². The van der Waals surface area contributed by atoms with Crippen LogP contribution >= 0.6 is 26.6 Å². The maximum Gasteiger partial charge on any atom is 0.285 e. The van der Waals surface area contributed by atoms with Crippen LogP contribution in [-0.4, -0.2) is 31.0 Å². The Bertz CT molecular complexity index is 693. The first kappa shape index (κ1) is 15.2. The number of nitrogens with zero attached hydrogens (tertiary/aromatic N) is 2. The molecule has 2 rings (SSSR count). The van der Waals surface area contributed by atoms with E-state index in [0.29, 0.717) is 0 Å². The molecule has 0 N–H and O–H groups in total. The number of hydrogen-bond donors (Lipinski definition) is 0. The van der Waals surface area contributed by atoms with Gasteiger partial charge in [0.25, 0.3) is 5.69 Å². The number of rotatable bonds is 3. The van der Waals surface area contributed by atoms with Crippen molar-refractivity contribution in [3.8, 4) is 0 Å². The van der Waals surface area contributed by atoms with Gasteiger partial charge in [-0.2, -0.15) is 0 Å². The average molecular weight is 384 g/mol. The van der Waals surface area contributed by atoms with Gasteiger partial charge in [0, 0.05) is 29.7 Å². The largest absolute Gasteiger partial charge is 0.311 e. The molecule has 0 radical (unpaired) electrons. The van der Waals surface area contributed by atoms with Crippen LogP contribution in [0.5, 0.6) is 0 Å². The van der Waals surface area contributed by atoms with Gasteiger partial charge >= 0.3 is 0 Å². The standard InChI is InChI=1S/C10H8BrClN2O5S/c11-8-2-1-6(3-9(8)14(16)17)13-5-7(4-10(13)15)20(12,18)19/h1-3,7H,4-5H2. The zero-order chi connectivity index (χ0) is 15.1. The molecule has 1 aromatic rings. The van der Waals surface area contributed by atoms with Gasteiger partial charge in [0.15, 0.2) is 0 Å². The van der Waals surface area contributed by atoms with Crippen LogP contribution in [0.15, 0.2) is 22.7 Å². The number of hydrogen-bond acceptors (Lipinski definition) is 5. The second-order valence-electron chi connectivity index (χ2n) is 4.20. The summed E-state index contributed by atoms with van der Waals surface area (Å²) in [6, 6.07) is 4.15. The summed E-state index contributed by atoms with van der Waals surface area (Å²) in [7, 11) is 1.40. The maximum absolute atomic E-state index is 11.8. The van der Waals surface area contributed by atoms with Crippen LogP contribution in [0.25, 0.3) is 0 Å². The van der Waals surface area contributed by atoms with Gasteiger partial charge in [-0.3, -0.25) is 14.9 Å². The molecule has 1 aliphatic rings. The predicted octanol–water partition coefficient (Wildman–Crippen LogP) is 2.03. The third kappa shape index (κ3) is 2.94. The monoisotopic (exact) mass is 382 g/mol. The predicted molar refractivity (Wildman–Crippen MR) is 76.3 cm³/mol. The Morgan fingerprint density at radius 3 is 2.60 bits per heavy atom. The Morgan fingerprint density at radius 2 is 2.10 bits per heavy atom. The van der Waals surface area contributed by atoms with E-state index in [1.54, 1.807) is 0 Å². The van der Waals surface area contributed by atoms with Gasteiger partial charge in [-0.25, -0.2) is 8.42 Å². The molecule has 20 heavy (non-hydrogen) atoms. The summed E-state index contributed by atoms with van der Waals surface area (Å²) >= 11 is 3.04. The second kappa shape index (κ2) is 5.30. The third-order valence-electron chi connectivity index (χ3n) is 2.93. The van der Waals surface area contributed by atoms with Gasteiger partial charge in [0.1, 0.15) is 5.25 Å². The Labute approximate surface area is 127 Å². The van der Waals surface area contributed by atoms with Crippen molar-refractivity contribution in [1.29, 1.82) is 0 Å². The van der Waals surface area contributed by atoms with E-state index in [4.69, 9.17) is 10.7 Å². The van der Waals surface area contributed by atoms with Crippen molar-refractivity contribution in [2.75, 3.05) is 11.4 Å². The summed E-state index contributed by atoms with van der Waals surface area (Å²) in [5.74, 6) is -0.434. The number of amides is 1. The molecule has 1 amide bonds. The van der Waals surface area contributed by atoms with Crippen LogP contribution in [0.1, 0.15) is 6.42 Å². The number of benzene rings is 1. The first-order valence-electron chi connectivity index (χ1n) is 5.38. The van der Waals surface area contributed by atoms with Crippen molar-refractivity contribution in [2.45, 2.75) is 11.7 Å². The minimum absolute atomic E-state index is 0.108. The smallest absolute Gasteiger partial charge is 0.285 e. The van der Waals surface area contributed by atoms with Gasteiger partial charge < -0.3 is 4.90 Å². The minimum atomic E-state index is -3.84. The van der Waals surface area contributed by atoms with E-state index in [-0.39, 0.29) is 28.8 Å². The summed E-state index contributed by atoms with van der Waals surface area (Å²) in [6.45, 7) is -0.108. The molecule has 10 heteroatoms. The summed E-state index contributed by atoms with van der Waals surface area (Å²) in [4.78, 5) is 23.3. The molecule has 0 aromatic heterocycles. The first-order chi connectivity index (χ1) is 9.20. The lowest BCUT2D eigenvalue weighted by Crippen LogP contribution is -2.26. The van der Waals surface area contributed by atoms with Crippen molar-refractivity contribution in [3.05, 3.63) is 32.8 Å². The molecule has 1 aliphatic heterocycles. The Kier molecular flexibility index (Phi) is 4.03. The molecular formula is C10H8BrClN2O5S. The van der Waals surface area contributed by atoms with Gasteiger partial charge in [0.2, 0.25) is 15.0 Å². The number of halogens is 2. The third-order valence-corrected chi connectivity index (χ3v) is 5.46. The van der Waals surface area contributed by atoms with E-state index in [1.807, 2.05) is 0 Å². The van der Waals surface area contributed by atoms with Crippen molar-refractivity contribution in [1.82, 2.24) is 0 Å². The number of anilines is 1. The number of nitro groups is 1. The molecule has 0 bridgehead atoms. The molecule has 1 saturated heterocycles. The molecule has 0 aliphatic carbocycles. The highest BCUT2D eigenvalue weighted by atomic mass is 79.9. The van der Waals surface area contributed by atoms with Crippen LogP contribution in [0, 0.1) is 10.1 Å². The normalized spacial score (nSPS) is 19.4. The van der Waals surface area contributed by atoms with Crippen LogP contribution in [0.3, 0.4) is 0 Å². The van der Waals surface area contributed by atoms with Crippen LogP contribution in [-0.2, 0) is 13.8 Å². The molecule has 0 spiro atoms. The molecule has 1 unspecified atom stereocenters. The first-order valence-corrected chi connectivity index (χ1v) is 8.54. The fraction of sp³-hybridized carbons (Fsp3) is 0.300. The molecule has 108 valence electrons. The maximum atomic E-state index is 11.8. The number of nitro benzene ring substituents is 1. The second-order valence-corrected chi connectivity index (χ2v) is 7.96. The summed E-state index contributed by atoms with van der Waals surface area (Å²) in [5.41, 5.74) is 0.0696. The highest BCUT2D eigenvalue weighted by Gasteiger charge is 2.38. The van der Waals surface area contributed by atoms with Crippen LogP contribution < -0.4 is 4.90 Å². The van der Waals surface area contributed by atoms with Crippen molar-refractivity contribution in [2.24, 2.45) is 0 Å². The quantitative estimate of drug-likeness (QED) is 0.452. The fourth-order valence-corrected chi connectivity index (χ4v) is 3.34. The zero-order valence-corrected chi connectivity index (χ0v) is 13.0. The highest BCUT2D eigenvalue weighted by molar-refractivity contribution is 9.10. The lowest BCUT2D eigenvalue weighted by molar-refractivity contribution is -0.385. The molecule has 1 atom stereocenters. The lowest BCUT2D eigenvalue weighted by atomic mass is 10.2. The van der Waals surface area contributed by atoms with Crippen molar-refractivity contribution >= 4 is 52.9 Å². The topological polar surface area (TPSA) is 97.6 Å². The summed E-state index contributed by atoms with van der Waals surface area (Å²) in [6.07, 6.45) is -0.226. The van der Waals surface area contributed by atoms with Gasteiger partial charge in [-0.1, -0.05) is 0 Å². The van der Waals surface area contributed by atoms with E-state index < -0.39 is 25.1 Å². The molecule has 1 fully saturated rings. The average Bonchev–Trinajstić information content (AvgIpc) is 2.71. The van der Waals surface area contributed by atoms with Gasteiger partial charge in [-0.05, 0) is 28.1 Å². The van der Waals surface area contributed by atoms with Crippen LogP contribution in [0.2, 0.25) is 0 Å². The fourth-order valence-electron chi connectivity index (χ4n) is 1.92. The highest BCUT2D eigenvalue weighted by Crippen LogP contribution is 2.32. The molecule has 0 saturated carbocycles. The van der Waals surface area contributed by atoms with Crippen molar-refractivity contribution in [3.63, 3.8) is 0 Å². The van der Waals surface area contributed by atoms with Crippen LogP contribution in [0.4, 0.5) is 11.4 Å². The Balaban J connectivity index is 2.36. The SMILES string of the molecule is O=C1CC(S(=O)(=O)Cl)CN1c1ccc(Br)c([N+](=O)[O-])c1. The van der Waals surface area contributed by atoms with Gasteiger partial charge in [0.05, 0.1) is 15.1 Å².